The van der Waals surface area contributed by atoms with Gasteiger partial charge in [0, 0.05) is 27.6 Å². The van der Waals surface area contributed by atoms with Crippen LogP contribution in [0, 0.1) is 5.41 Å². The Kier molecular flexibility index (Phi) is 8.65. The Hall–Kier alpha value is -8.40. The molecule has 3 heteroatoms. The minimum Gasteiger partial charge on any atom is -0.309 e. The van der Waals surface area contributed by atoms with E-state index in [0.717, 1.165) is 60.7 Å². The van der Waals surface area contributed by atoms with E-state index >= 15 is 0 Å². The fourth-order valence-corrected chi connectivity index (χ4v) is 9.92. The van der Waals surface area contributed by atoms with E-state index in [2.05, 4.69) is 205 Å². The molecule has 3 nitrogen and oxygen atoms in total. The van der Waals surface area contributed by atoms with Gasteiger partial charge in [0.1, 0.15) is 0 Å². The zero-order valence-corrected chi connectivity index (χ0v) is 34.3. The lowest BCUT2D eigenvalue weighted by Gasteiger charge is -2.20. The molecule has 0 saturated heterocycles. The fourth-order valence-electron chi connectivity index (χ4n) is 9.92. The number of allylic oxidation sites excluding steroid dienone is 1. The van der Waals surface area contributed by atoms with Crippen molar-refractivity contribution in [1.29, 1.82) is 5.41 Å². The minimum atomic E-state index is 0.208. The smallest absolute Gasteiger partial charge is 0.152 e. The van der Waals surface area contributed by atoms with Gasteiger partial charge < -0.3 is 4.57 Å². The van der Waals surface area contributed by atoms with Crippen LogP contribution in [0.3, 0.4) is 0 Å². The van der Waals surface area contributed by atoms with Crippen molar-refractivity contribution in [3.63, 3.8) is 0 Å². The molecule has 12 aromatic rings. The van der Waals surface area contributed by atoms with Crippen LogP contribution >= 0.6 is 0 Å². The number of rotatable bonds is 6. The Balaban J connectivity index is 1.13. The van der Waals surface area contributed by atoms with Gasteiger partial charge in [0.25, 0.3) is 0 Å². The summed E-state index contributed by atoms with van der Waals surface area (Å²) in [5, 5.41) is 23.7. The predicted octanol–water partition coefficient (Wildman–Crippen LogP) is 15.7. The second-order valence-corrected chi connectivity index (χ2v) is 16.2. The van der Waals surface area contributed by atoms with E-state index in [0.29, 0.717) is 0 Å². The lowest BCUT2D eigenvalue weighted by atomic mass is 9.83. The van der Waals surface area contributed by atoms with Crippen molar-refractivity contribution in [3.8, 4) is 16.8 Å². The molecule has 0 radical (unpaired) electrons. The Morgan fingerprint density at radius 1 is 0.413 bits per heavy atom. The molecule has 1 aromatic heterocycles. The van der Waals surface area contributed by atoms with Gasteiger partial charge in [-0.2, -0.15) is 0 Å². The number of fused-ring (bicyclic) bond motifs is 9. The number of para-hydroxylation sites is 2. The van der Waals surface area contributed by atoms with Crippen LogP contribution in [0.5, 0.6) is 0 Å². The van der Waals surface area contributed by atoms with E-state index in [1.165, 1.54) is 54.2 Å². The van der Waals surface area contributed by atoms with E-state index in [9.17, 15) is 5.41 Å². The van der Waals surface area contributed by atoms with Gasteiger partial charge in [-0.25, -0.2) is 4.99 Å². The third kappa shape index (κ3) is 5.97. The van der Waals surface area contributed by atoms with Crippen molar-refractivity contribution >= 4 is 93.3 Å². The highest BCUT2D eigenvalue weighted by Crippen LogP contribution is 2.46. The van der Waals surface area contributed by atoms with Crippen LogP contribution in [-0.4, -0.2) is 16.1 Å². The summed E-state index contributed by atoms with van der Waals surface area (Å²) >= 11 is 0. The SMILES string of the molecule is N=C(N=C(/C=C/c1c2ccccc2c(-c2c3ccccc3cc3c2ccc2ccccc23)c2ccccc12)c1cccc2c1c1ccccc1n2-c1ccccc1)c1ccccc1. The number of benzene rings is 11. The third-order valence-corrected chi connectivity index (χ3v) is 12.7. The van der Waals surface area contributed by atoms with Crippen molar-refractivity contribution in [2.45, 2.75) is 0 Å². The molecule has 63 heavy (non-hydrogen) atoms. The molecular weight excluding hydrogens is 763 g/mol. The van der Waals surface area contributed by atoms with E-state index in [1.807, 2.05) is 30.3 Å². The molecule has 12 rings (SSSR count). The second-order valence-electron chi connectivity index (χ2n) is 16.2. The summed E-state index contributed by atoms with van der Waals surface area (Å²) in [6.07, 6.45) is 4.36. The summed E-state index contributed by atoms with van der Waals surface area (Å²) in [6, 6.07) is 77.5. The lowest BCUT2D eigenvalue weighted by Crippen LogP contribution is -2.04. The summed E-state index contributed by atoms with van der Waals surface area (Å²) in [5.74, 6) is 0.208. The maximum absolute atomic E-state index is 9.34. The normalized spacial score (nSPS) is 12.2. The molecule has 1 heterocycles. The number of nitrogens with zero attached hydrogens (tertiary/aromatic N) is 2. The molecular formula is C60H39N3. The van der Waals surface area contributed by atoms with E-state index in [1.54, 1.807) is 0 Å². The first kappa shape index (κ1) is 36.5. The lowest BCUT2D eigenvalue weighted by molar-refractivity contribution is 1.18. The number of nitrogens with one attached hydrogen (secondary N) is 1. The minimum absolute atomic E-state index is 0.208. The number of hydrogen-bond donors (Lipinski definition) is 1. The topological polar surface area (TPSA) is 41.1 Å². The number of amidine groups is 1. The highest BCUT2D eigenvalue weighted by molar-refractivity contribution is 6.30. The zero-order chi connectivity index (χ0) is 41.9. The van der Waals surface area contributed by atoms with E-state index in [-0.39, 0.29) is 5.84 Å². The summed E-state index contributed by atoms with van der Waals surface area (Å²) in [4.78, 5) is 5.19. The molecule has 0 spiro atoms. The Bertz CT molecular complexity index is 3800. The van der Waals surface area contributed by atoms with Crippen molar-refractivity contribution in [2.24, 2.45) is 4.99 Å². The highest BCUT2D eigenvalue weighted by atomic mass is 15.0. The van der Waals surface area contributed by atoms with Gasteiger partial charge in [-0.05, 0) is 107 Å². The molecule has 0 bridgehead atoms. The van der Waals surface area contributed by atoms with Crippen molar-refractivity contribution in [3.05, 3.63) is 241 Å². The Morgan fingerprint density at radius 3 is 1.68 bits per heavy atom. The molecule has 0 amide bonds. The molecule has 11 aromatic carbocycles. The van der Waals surface area contributed by atoms with Crippen LogP contribution in [0.2, 0.25) is 0 Å². The first-order chi connectivity index (χ1) is 31.2. The third-order valence-electron chi connectivity index (χ3n) is 12.7. The maximum atomic E-state index is 9.34. The van der Waals surface area contributed by atoms with Crippen LogP contribution in [-0.2, 0) is 0 Å². The zero-order valence-electron chi connectivity index (χ0n) is 34.3. The Morgan fingerprint density at radius 2 is 0.952 bits per heavy atom. The van der Waals surface area contributed by atoms with Crippen molar-refractivity contribution in [2.75, 3.05) is 0 Å². The van der Waals surface area contributed by atoms with Crippen molar-refractivity contribution < 1.29 is 0 Å². The summed E-state index contributed by atoms with van der Waals surface area (Å²) in [6.45, 7) is 0. The average Bonchev–Trinajstić information content (AvgIpc) is 3.69. The standard InChI is InChI=1S/C60H39N3/c61-60(40-19-3-1-4-20-40)62-54(51-31-17-33-56-57(51)52-30-15-16-32-55(52)63(56)42-22-5-2-6-23-42)37-36-47-45-26-11-13-28-48(45)59(49-29-14-12-27-46(47)49)58-44-25-10-8-21-41(44)38-53-43-24-9-7-18-39(43)34-35-50(53)58/h1-38,61H/b37-36+,61-60?,62-54?. The van der Waals surface area contributed by atoms with Gasteiger partial charge in [-0.15, -0.1) is 0 Å². The predicted molar refractivity (Wildman–Crippen MR) is 269 cm³/mol. The molecule has 0 aliphatic rings. The van der Waals surface area contributed by atoms with Crippen LogP contribution in [0.1, 0.15) is 16.7 Å². The monoisotopic (exact) mass is 801 g/mol. The van der Waals surface area contributed by atoms with Gasteiger partial charge in [0.05, 0.1) is 16.7 Å². The average molecular weight is 802 g/mol. The molecule has 0 fully saturated rings. The number of aliphatic imine (C=N–C) groups is 1. The number of aromatic nitrogens is 1. The second kappa shape index (κ2) is 14.9. The molecule has 0 atom stereocenters. The van der Waals surface area contributed by atoms with Crippen LogP contribution in [0.15, 0.2) is 229 Å². The quantitative estimate of drug-likeness (QED) is 0.0753. The van der Waals surface area contributed by atoms with Gasteiger partial charge in [0.2, 0.25) is 0 Å². The molecule has 0 unspecified atom stereocenters. The first-order valence-electron chi connectivity index (χ1n) is 21.5. The first-order valence-corrected chi connectivity index (χ1v) is 21.5. The maximum Gasteiger partial charge on any atom is 0.152 e. The van der Waals surface area contributed by atoms with E-state index < -0.39 is 0 Å². The largest absolute Gasteiger partial charge is 0.309 e. The highest BCUT2D eigenvalue weighted by Gasteiger charge is 2.21. The van der Waals surface area contributed by atoms with Crippen molar-refractivity contribution in [1.82, 2.24) is 4.57 Å². The van der Waals surface area contributed by atoms with Crippen LogP contribution in [0.4, 0.5) is 0 Å². The number of hydrogen-bond acceptors (Lipinski definition) is 1. The van der Waals surface area contributed by atoms with E-state index in [4.69, 9.17) is 4.99 Å². The Labute approximate surface area is 364 Å². The summed E-state index contributed by atoms with van der Waals surface area (Å²) in [5.41, 5.74) is 9.33. The molecule has 294 valence electrons. The molecule has 0 aliphatic heterocycles. The van der Waals surface area contributed by atoms with Gasteiger partial charge >= 0.3 is 0 Å². The van der Waals surface area contributed by atoms with Crippen LogP contribution in [0.25, 0.3) is 98.6 Å². The van der Waals surface area contributed by atoms with Gasteiger partial charge in [0.15, 0.2) is 5.84 Å². The summed E-state index contributed by atoms with van der Waals surface area (Å²) < 4.78 is 2.33. The fraction of sp³-hybridized carbons (Fsp3) is 0. The molecule has 0 aliphatic carbocycles. The van der Waals surface area contributed by atoms with Crippen LogP contribution < -0.4 is 0 Å². The molecule has 0 saturated carbocycles. The molecule has 1 N–H and O–H groups in total. The van der Waals surface area contributed by atoms with Gasteiger partial charge in [-0.1, -0.05) is 194 Å². The summed E-state index contributed by atoms with van der Waals surface area (Å²) in [7, 11) is 0. The van der Waals surface area contributed by atoms with Gasteiger partial charge in [-0.3, -0.25) is 5.41 Å².